The first kappa shape index (κ1) is 10.1. The number of rotatable bonds is 4. The maximum absolute atomic E-state index is 8.62. The van der Waals surface area contributed by atoms with Gasteiger partial charge >= 0.3 is 0 Å². The molecule has 4 heteroatoms. The smallest absolute Gasteiger partial charge is 0.0593 e. The largest absolute Gasteiger partial charge is 0.396 e. The van der Waals surface area contributed by atoms with Gasteiger partial charge in [0.1, 0.15) is 0 Å². The van der Waals surface area contributed by atoms with Gasteiger partial charge in [0.2, 0.25) is 0 Å². The quantitative estimate of drug-likeness (QED) is 0.691. The van der Waals surface area contributed by atoms with Crippen molar-refractivity contribution in [3.63, 3.8) is 0 Å². The highest BCUT2D eigenvalue weighted by atomic mass is 32.2. The van der Waals surface area contributed by atoms with E-state index in [0.717, 1.165) is 17.4 Å². The molecule has 2 atom stereocenters. The zero-order valence-corrected chi connectivity index (χ0v) is 8.93. The highest BCUT2D eigenvalue weighted by Crippen LogP contribution is 2.40. The van der Waals surface area contributed by atoms with E-state index >= 15 is 0 Å². The first-order valence-corrected chi connectivity index (χ1v) is 6.48. The van der Waals surface area contributed by atoms with Crippen LogP contribution in [-0.2, 0) is 0 Å². The Bertz CT molecular complexity index is 110. The second-order valence-electron chi connectivity index (χ2n) is 2.57. The summed E-state index contributed by atoms with van der Waals surface area (Å²) >= 11 is 8.29. The fourth-order valence-corrected chi connectivity index (χ4v) is 4.74. The number of thiol groups is 1. The first-order valence-electron chi connectivity index (χ1n) is 3.85. The van der Waals surface area contributed by atoms with E-state index in [1.165, 1.54) is 12.2 Å². The third-order valence-corrected chi connectivity index (χ3v) is 5.85. The molecule has 1 rings (SSSR count). The van der Waals surface area contributed by atoms with Gasteiger partial charge in [0, 0.05) is 23.4 Å². The second-order valence-corrected chi connectivity index (χ2v) is 5.98. The van der Waals surface area contributed by atoms with Crippen molar-refractivity contribution in [2.75, 3.05) is 18.1 Å². The molecule has 0 aliphatic carbocycles. The van der Waals surface area contributed by atoms with E-state index in [-0.39, 0.29) is 0 Å². The molecule has 0 spiro atoms. The molecule has 0 bridgehead atoms. The molecule has 0 aromatic rings. The lowest BCUT2D eigenvalue weighted by molar-refractivity contribution is 0.285. The van der Waals surface area contributed by atoms with Crippen molar-refractivity contribution < 1.29 is 5.11 Å². The molecular weight excluding hydrogens is 196 g/mol. The zero-order chi connectivity index (χ0) is 8.10. The molecule has 1 fully saturated rings. The Morgan fingerprint density at radius 2 is 2.36 bits per heavy atom. The summed E-state index contributed by atoms with van der Waals surface area (Å²) in [7, 11) is 0. The van der Waals surface area contributed by atoms with E-state index in [2.05, 4.69) is 12.6 Å². The Kier molecular flexibility index (Phi) is 5.16. The molecule has 0 amide bonds. The monoisotopic (exact) mass is 210 g/mol. The van der Waals surface area contributed by atoms with Crippen LogP contribution in [0.4, 0.5) is 0 Å². The Morgan fingerprint density at radius 1 is 1.55 bits per heavy atom. The van der Waals surface area contributed by atoms with E-state index in [0.29, 0.717) is 11.2 Å². The van der Waals surface area contributed by atoms with Gasteiger partial charge in [0.25, 0.3) is 0 Å². The van der Waals surface area contributed by atoms with Crippen molar-refractivity contribution >= 4 is 36.2 Å². The molecular formula is C7H14OS3. The minimum atomic E-state index is 0.341. The lowest BCUT2D eigenvalue weighted by Gasteiger charge is -2.06. The van der Waals surface area contributed by atoms with Crippen LogP contribution in [0.3, 0.4) is 0 Å². The summed E-state index contributed by atoms with van der Waals surface area (Å²) < 4.78 is 0.696. The van der Waals surface area contributed by atoms with Crippen LogP contribution in [0.2, 0.25) is 0 Å². The summed E-state index contributed by atoms with van der Waals surface area (Å²) in [4.78, 5) is 0. The van der Waals surface area contributed by atoms with Crippen LogP contribution in [0.1, 0.15) is 12.8 Å². The van der Waals surface area contributed by atoms with E-state index in [1.807, 2.05) is 23.5 Å². The molecule has 1 nitrogen and oxygen atoms in total. The van der Waals surface area contributed by atoms with Crippen LogP contribution in [0.15, 0.2) is 0 Å². The van der Waals surface area contributed by atoms with E-state index in [1.54, 1.807) is 0 Å². The average molecular weight is 210 g/mol. The van der Waals surface area contributed by atoms with Crippen molar-refractivity contribution in [3.05, 3.63) is 0 Å². The fourth-order valence-electron chi connectivity index (χ4n) is 1.07. The number of thioether (sulfide) groups is 2. The van der Waals surface area contributed by atoms with E-state index in [9.17, 15) is 0 Å². The number of aliphatic hydroxyl groups excluding tert-OH is 1. The molecule has 0 radical (unpaired) electrons. The average Bonchev–Trinajstić information content (AvgIpc) is 2.48. The first-order chi connectivity index (χ1) is 5.36. The topological polar surface area (TPSA) is 20.2 Å². The van der Waals surface area contributed by atoms with Gasteiger partial charge in [-0.1, -0.05) is 0 Å². The third-order valence-electron chi connectivity index (χ3n) is 1.65. The van der Waals surface area contributed by atoms with E-state index < -0.39 is 0 Å². The molecule has 1 N–H and O–H groups in total. The lowest BCUT2D eigenvalue weighted by Crippen LogP contribution is -2.02. The molecule has 1 saturated heterocycles. The maximum atomic E-state index is 8.62. The van der Waals surface area contributed by atoms with Crippen molar-refractivity contribution in [1.82, 2.24) is 0 Å². The molecule has 1 aliphatic rings. The molecule has 0 saturated carbocycles. The molecule has 0 aromatic carbocycles. The van der Waals surface area contributed by atoms with Crippen molar-refractivity contribution in [2.24, 2.45) is 0 Å². The van der Waals surface area contributed by atoms with Gasteiger partial charge in [-0.15, -0.1) is 23.5 Å². The summed E-state index contributed by atoms with van der Waals surface area (Å²) in [5.41, 5.74) is 0. The Morgan fingerprint density at radius 3 is 2.91 bits per heavy atom. The Hall–Kier alpha value is 1.01. The highest BCUT2D eigenvalue weighted by molar-refractivity contribution is 8.21. The van der Waals surface area contributed by atoms with Crippen LogP contribution < -0.4 is 0 Å². The summed E-state index contributed by atoms with van der Waals surface area (Å²) in [6, 6.07) is 0. The van der Waals surface area contributed by atoms with Crippen LogP contribution in [-0.4, -0.2) is 33.1 Å². The van der Waals surface area contributed by atoms with Gasteiger partial charge in [-0.25, -0.2) is 0 Å². The number of hydrogen-bond donors (Lipinski definition) is 2. The lowest BCUT2D eigenvalue weighted by atomic mass is 10.2. The Balaban J connectivity index is 2.09. The van der Waals surface area contributed by atoms with Gasteiger partial charge in [-0.05, 0) is 12.8 Å². The number of hydrogen-bond acceptors (Lipinski definition) is 4. The summed E-state index contributed by atoms with van der Waals surface area (Å²) in [5, 5.41) is 9.39. The normalized spacial score (nSPS) is 31.1. The van der Waals surface area contributed by atoms with Crippen molar-refractivity contribution in [3.8, 4) is 0 Å². The minimum Gasteiger partial charge on any atom is -0.396 e. The number of aliphatic hydroxyl groups is 1. The van der Waals surface area contributed by atoms with Crippen molar-refractivity contribution in [2.45, 2.75) is 22.7 Å². The molecule has 0 aromatic heterocycles. The van der Waals surface area contributed by atoms with Crippen LogP contribution >= 0.6 is 36.2 Å². The fraction of sp³-hybridized carbons (Fsp3) is 1.00. The Labute approximate surface area is 82.1 Å². The van der Waals surface area contributed by atoms with Gasteiger partial charge in [-0.2, -0.15) is 12.6 Å². The van der Waals surface area contributed by atoms with Crippen LogP contribution in [0.5, 0.6) is 0 Å². The zero-order valence-electron chi connectivity index (χ0n) is 6.40. The van der Waals surface area contributed by atoms with Crippen molar-refractivity contribution in [1.29, 1.82) is 0 Å². The van der Waals surface area contributed by atoms with Gasteiger partial charge in [-0.3, -0.25) is 0 Å². The predicted octanol–water partition coefficient (Wildman–Crippen LogP) is 1.86. The van der Waals surface area contributed by atoms with E-state index in [4.69, 9.17) is 5.11 Å². The molecule has 1 heterocycles. The minimum absolute atomic E-state index is 0.341. The second kappa shape index (κ2) is 5.62. The summed E-state index contributed by atoms with van der Waals surface area (Å²) in [6.07, 6.45) is 2.12. The van der Waals surface area contributed by atoms with Gasteiger partial charge in [0.15, 0.2) is 0 Å². The molecule has 11 heavy (non-hydrogen) atoms. The van der Waals surface area contributed by atoms with Crippen LogP contribution in [0.25, 0.3) is 0 Å². The highest BCUT2D eigenvalue weighted by Gasteiger charge is 2.23. The SMILES string of the molecule is OCCCC1CSC(CS)S1. The molecule has 66 valence electrons. The van der Waals surface area contributed by atoms with Gasteiger partial charge < -0.3 is 5.11 Å². The summed E-state index contributed by atoms with van der Waals surface area (Å²) in [5.74, 6) is 2.22. The summed E-state index contributed by atoms with van der Waals surface area (Å²) in [6.45, 7) is 0.341. The maximum Gasteiger partial charge on any atom is 0.0593 e. The molecule has 2 unspecified atom stereocenters. The van der Waals surface area contributed by atoms with Gasteiger partial charge in [0.05, 0.1) is 4.58 Å². The standard InChI is InChI=1S/C7H14OS3/c8-3-1-2-6-5-10-7(4-9)11-6/h6-9H,1-5H2. The van der Waals surface area contributed by atoms with Crippen LogP contribution in [0, 0.1) is 0 Å². The third kappa shape index (κ3) is 3.49. The molecule has 1 aliphatic heterocycles. The predicted molar refractivity (Wildman–Crippen MR) is 57.8 cm³/mol.